The predicted octanol–water partition coefficient (Wildman–Crippen LogP) is 6.23. The number of likely N-dealkylation sites (N-methyl/N-ethyl adjacent to an activating group) is 1. The van der Waals surface area contributed by atoms with Gasteiger partial charge in [-0.25, -0.2) is 0 Å². The van der Waals surface area contributed by atoms with Crippen LogP contribution in [-0.4, -0.2) is 46.9 Å². The fourth-order valence-corrected chi connectivity index (χ4v) is 5.87. The van der Waals surface area contributed by atoms with Crippen LogP contribution in [0.1, 0.15) is 59.6 Å². The van der Waals surface area contributed by atoms with Gasteiger partial charge < -0.3 is 19.2 Å². The van der Waals surface area contributed by atoms with Gasteiger partial charge in [0.15, 0.2) is 5.76 Å². The highest BCUT2D eigenvalue weighted by Gasteiger charge is 2.38. The van der Waals surface area contributed by atoms with Crippen LogP contribution >= 0.6 is 0 Å². The second-order valence-electron chi connectivity index (χ2n) is 9.98. The van der Waals surface area contributed by atoms with E-state index in [2.05, 4.69) is 85.5 Å². The normalized spacial score (nSPS) is 17.5. The Morgan fingerprint density at radius 2 is 1.86 bits per heavy atom. The Morgan fingerprint density at radius 3 is 2.57 bits per heavy atom. The number of carbonyl (C=O) groups excluding carboxylic acids is 1. The van der Waals surface area contributed by atoms with Gasteiger partial charge in [-0.2, -0.15) is 0 Å². The van der Waals surface area contributed by atoms with E-state index >= 15 is 0 Å². The van der Waals surface area contributed by atoms with Crippen molar-refractivity contribution in [3.63, 3.8) is 0 Å². The molecule has 1 N–H and O–H groups in total. The Labute approximate surface area is 207 Å². The number of amides is 1. The summed E-state index contributed by atoms with van der Waals surface area (Å²) in [7, 11) is 4.38. The van der Waals surface area contributed by atoms with E-state index in [1.54, 1.807) is 18.4 Å². The standard InChI is InChI=1S/C30H35N3O2/c1-4-30(32(2)3,21-22-11-6-5-7-12-22)18-16-26-28-24(23-13-8-9-14-25(23)31-28)17-19-33(26)29(34)27-15-10-20-35-27/h5-15,20,26,31H,4,16-19,21H2,1-3H3. The zero-order valence-corrected chi connectivity index (χ0v) is 21.0. The van der Waals surface area contributed by atoms with Crippen molar-refractivity contribution < 1.29 is 9.21 Å². The molecule has 1 aliphatic heterocycles. The number of fused-ring (bicyclic) bond motifs is 3. The summed E-state index contributed by atoms with van der Waals surface area (Å²) < 4.78 is 5.52. The fourth-order valence-electron chi connectivity index (χ4n) is 5.87. The van der Waals surface area contributed by atoms with Crippen LogP contribution < -0.4 is 0 Å². The Hall–Kier alpha value is -3.31. The lowest BCUT2D eigenvalue weighted by atomic mass is 9.80. The summed E-state index contributed by atoms with van der Waals surface area (Å²) >= 11 is 0. The van der Waals surface area contributed by atoms with E-state index in [0.717, 1.165) is 37.6 Å². The van der Waals surface area contributed by atoms with Gasteiger partial charge in [0.2, 0.25) is 0 Å². The first-order valence-corrected chi connectivity index (χ1v) is 12.7. The molecule has 5 nitrogen and oxygen atoms in total. The molecule has 0 saturated heterocycles. The number of aromatic amines is 1. The molecule has 1 aliphatic rings. The molecule has 2 atom stereocenters. The summed E-state index contributed by atoms with van der Waals surface area (Å²) in [6.45, 7) is 2.97. The topological polar surface area (TPSA) is 52.5 Å². The lowest BCUT2D eigenvalue weighted by molar-refractivity contribution is 0.0564. The van der Waals surface area contributed by atoms with E-state index < -0.39 is 0 Å². The van der Waals surface area contributed by atoms with Crippen molar-refractivity contribution >= 4 is 16.8 Å². The summed E-state index contributed by atoms with van der Waals surface area (Å²) in [4.78, 5) is 21.6. The van der Waals surface area contributed by atoms with Crippen LogP contribution in [-0.2, 0) is 12.8 Å². The number of H-pyrrole nitrogens is 1. The number of para-hydroxylation sites is 1. The number of hydrogen-bond donors (Lipinski definition) is 1. The molecule has 182 valence electrons. The average molecular weight is 470 g/mol. The Morgan fingerprint density at radius 1 is 1.09 bits per heavy atom. The number of rotatable bonds is 8. The van der Waals surface area contributed by atoms with E-state index in [-0.39, 0.29) is 17.5 Å². The molecule has 0 aliphatic carbocycles. The van der Waals surface area contributed by atoms with E-state index in [9.17, 15) is 4.79 Å². The second kappa shape index (κ2) is 9.74. The number of furan rings is 1. The predicted molar refractivity (Wildman–Crippen MR) is 141 cm³/mol. The number of nitrogens with one attached hydrogen (secondary N) is 1. The second-order valence-corrected chi connectivity index (χ2v) is 9.98. The van der Waals surface area contributed by atoms with Gasteiger partial charge in [0.05, 0.1) is 12.3 Å². The molecule has 5 heteroatoms. The summed E-state index contributed by atoms with van der Waals surface area (Å²) in [5.74, 6) is 0.382. The number of carbonyl (C=O) groups is 1. The minimum Gasteiger partial charge on any atom is -0.459 e. The van der Waals surface area contributed by atoms with Crippen molar-refractivity contribution in [3.8, 4) is 0 Å². The Bertz CT molecular complexity index is 1280. The maximum atomic E-state index is 13.5. The minimum absolute atomic E-state index is 0.00434. The van der Waals surface area contributed by atoms with Crippen molar-refractivity contribution in [2.24, 2.45) is 0 Å². The van der Waals surface area contributed by atoms with E-state index in [1.165, 1.54) is 22.2 Å². The highest BCUT2D eigenvalue weighted by molar-refractivity contribution is 5.93. The Kier molecular flexibility index (Phi) is 6.52. The van der Waals surface area contributed by atoms with Gasteiger partial charge in [-0.1, -0.05) is 55.5 Å². The molecule has 5 rings (SSSR count). The lowest BCUT2D eigenvalue weighted by Crippen LogP contribution is -2.47. The van der Waals surface area contributed by atoms with E-state index in [1.807, 2.05) is 4.90 Å². The van der Waals surface area contributed by atoms with Gasteiger partial charge in [-0.15, -0.1) is 0 Å². The molecule has 0 bridgehead atoms. The van der Waals surface area contributed by atoms with Crippen LogP contribution in [0, 0.1) is 0 Å². The maximum Gasteiger partial charge on any atom is 0.290 e. The molecule has 3 heterocycles. The van der Waals surface area contributed by atoms with Crippen LogP contribution in [0.2, 0.25) is 0 Å². The first-order valence-electron chi connectivity index (χ1n) is 12.7. The van der Waals surface area contributed by atoms with Gasteiger partial charge in [-0.05, 0) is 75.5 Å². The van der Waals surface area contributed by atoms with E-state index in [0.29, 0.717) is 12.3 Å². The molecule has 0 radical (unpaired) electrons. The quantitative estimate of drug-likeness (QED) is 0.333. The van der Waals surface area contributed by atoms with Crippen molar-refractivity contribution in [1.82, 2.24) is 14.8 Å². The zero-order valence-electron chi connectivity index (χ0n) is 21.0. The molecule has 35 heavy (non-hydrogen) atoms. The number of nitrogens with zero attached hydrogens (tertiary/aromatic N) is 2. The fraction of sp³-hybridized carbons (Fsp3) is 0.367. The third-order valence-electron chi connectivity index (χ3n) is 8.02. The van der Waals surface area contributed by atoms with Crippen LogP contribution in [0.4, 0.5) is 0 Å². The summed E-state index contributed by atoms with van der Waals surface area (Å²) in [5, 5.41) is 1.27. The van der Waals surface area contributed by atoms with Crippen molar-refractivity contribution in [1.29, 1.82) is 0 Å². The summed E-state index contributed by atoms with van der Waals surface area (Å²) in [6, 6.07) is 22.8. The summed E-state index contributed by atoms with van der Waals surface area (Å²) in [5.41, 5.74) is 5.03. The first kappa shape index (κ1) is 23.4. The van der Waals surface area contributed by atoms with Crippen molar-refractivity contribution in [2.75, 3.05) is 20.6 Å². The number of benzene rings is 2. The maximum absolute atomic E-state index is 13.5. The van der Waals surface area contributed by atoms with Crippen LogP contribution in [0.15, 0.2) is 77.4 Å². The number of aromatic nitrogens is 1. The zero-order chi connectivity index (χ0) is 24.4. The van der Waals surface area contributed by atoms with Gasteiger partial charge in [0.25, 0.3) is 5.91 Å². The van der Waals surface area contributed by atoms with Crippen molar-refractivity contribution in [3.05, 3.63) is 95.6 Å². The van der Waals surface area contributed by atoms with Gasteiger partial charge >= 0.3 is 0 Å². The molecule has 2 aromatic carbocycles. The average Bonchev–Trinajstić information content (AvgIpc) is 3.55. The Balaban J connectivity index is 1.50. The minimum atomic E-state index is -0.0284. The van der Waals surface area contributed by atoms with Gasteiger partial charge in [-0.3, -0.25) is 4.79 Å². The van der Waals surface area contributed by atoms with Crippen LogP contribution in [0.3, 0.4) is 0 Å². The smallest absolute Gasteiger partial charge is 0.290 e. The molecule has 1 amide bonds. The lowest BCUT2D eigenvalue weighted by Gasteiger charge is -2.43. The van der Waals surface area contributed by atoms with Gasteiger partial charge in [0.1, 0.15) is 0 Å². The highest BCUT2D eigenvalue weighted by atomic mass is 16.3. The van der Waals surface area contributed by atoms with E-state index in [4.69, 9.17) is 4.42 Å². The molecule has 0 fully saturated rings. The van der Waals surface area contributed by atoms with Gasteiger partial charge in [0, 0.05) is 28.7 Å². The highest BCUT2D eigenvalue weighted by Crippen LogP contribution is 2.40. The number of hydrogen-bond acceptors (Lipinski definition) is 3. The molecule has 0 saturated carbocycles. The SMILES string of the molecule is CCC(CCC1c2[nH]c3ccccc3c2CCN1C(=O)c1ccco1)(Cc1ccccc1)N(C)C. The van der Waals surface area contributed by atoms with Crippen LogP contribution in [0.25, 0.3) is 10.9 Å². The molecular weight excluding hydrogens is 434 g/mol. The van der Waals surface area contributed by atoms with Crippen LogP contribution in [0.5, 0.6) is 0 Å². The molecule has 4 aromatic rings. The molecule has 2 unspecified atom stereocenters. The first-order chi connectivity index (χ1) is 17.0. The molecule has 0 spiro atoms. The molecular formula is C30H35N3O2. The van der Waals surface area contributed by atoms with Crippen molar-refractivity contribution in [2.45, 2.75) is 50.6 Å². The third kappa shape index (κ3) is 4.41. The largest absolute Gasteiger partial charge is 0.459 e. The third-order valence-corrected chi connectivity index (χ3v) is 8.02. The molecule has 2 aromatic heterocycles. The monoisotopic (exact) mass is 469 g/mol. The summed E-state index contributed by atoms with van der Waals surface area (Å²) in [6.07, 6.45) is 6.30.